The first-order chi connectivity index (χ1) is 9.63. The monoisotopic (exact) mass is 295 g/mol. The molecule has 1 aliphatic rings. The molecule has 1 heterocycles. The Morgan fingerprint density at radius 1 is 1.45 bits per heavy atom. The average Bonchev–Trinajstić information content (AvgIpc) is 2.45. The molecule has 20 heavy (non-hydrogen) atoms. The largest absolute Gasteiger partial charge is 0.387 e. The van der Waals surface area contributed by atoms with Crippen molar-refractivity contribution in [1.82, 2.24) is 0 Å². The van der Waals surface area contributed by atoms with Gasteiger partial charge in [-0.3, -0.25) is 0 Å². The molecule has 2 rings (SSSR count). The molecule has 1 fully saturated rings. The summed E-state index contributed by atoms with van der Waals surface area (Å²) in [5.41, 5.74) is 8.96. The van der Waals surface area contributed by atoms with Crippen molar-refractivity contribution in [2.75, 3.05) is 0 Å². The van der Waals surface area contributed by atoms with E-state index in [0.29, 0.717) is 6.61 Å². The lowest BCUT2D eigenvalue weighted by atomic mass is 9.98. The van der Waals surface area contributed by atoms with Gasteiger partial charge in [-0.05, 0) is 18.0 Å². The van der Waals surface area contributed by atoms with Crippen molar-refractivity contribution in [2.45, 2.75) is 43.3 Å². The fourth-order valence-electron chi connectivity index (χ4n) is 2.20. The normalized spacial score (nSPS) is 33.5. The molecular weight excluding hydrogens is 278 g/mol. The van der Waals surface area contributed by atoms with Gasteiger partial charge in [0.15, 0.2) is 0 Å². The minimum atomic E-state index is -0.950. The molecule has 7 heteroatoms. The molecule has 0 radical (unpaired) electrons. The molecule has 1 aromatic rings. The Hall–Kier alpha value is -1.24. The van der Waals surface area contributed by atoms with Crippen LogP contribution in [0.2, 0.25) is 0 Å². The summed E-state index contributed by atoms with van der Waals surface area (Å²) in [6, 6.07) is 9.01. The Morgan fingerprint density at radius 2 is 2.15 bits per heavy atom. The summed E-state index contributed by atoms with van der Waals surface area (Å²) in [6.45, 7) is 2.10. The highest BCUT2D eigenvalue weighted by Gasteiger charge is 2.42. The van der Waals surface area contributed by atoms with Crippen LogP contribution in [0.25, 0.3) is 10.4 Å². The molecule has 0 unspecified atom stereocenters. The molecule has 0 spiro atoms. The fraction of sp³-hybridized carbons (Fsp3) is 0.538. The van der Waals surface area contributed by atoms with Crippen molar-refractivity contribution < 1.29 is 14.6 Å². The minimum absolute atomic E-state index is 0.327. The van der Waals surface area contributed by atoms with Crippen LogP contribution in [-0.2, 0) is 16.1 Å². The molecular formula is C13H17N3O3S. The van der Waals surface area contributed by atoms with Gasteiger partial charge in [-0.2, -0.15) is 0 Å². The van der Waals surface area contributed by atoms with Crippen LogP contribution in [0.5, 0.6) is 0 Å². The molecule has 0 aliphatic carbocycles. The van der Waals surface area contributed by atoms with Crippen molar-refractivity contribution in [3.05, 3.63) is 46.3 Å². The molecule has 6 nitrogen and oxygen atoms in total. The highest BCUT2D eigenvalue weighted by atomic mass is 32.1. The maximum absolute atomic E-state index is 10.1. The van der Waals surface area contributed by atoms with Crippen molar-refractivity contribution in [2.24, 2.45) is 5.11 Å². The highest BCUT2D eigenvalue weighted by Crippen LogP contribution is 2.28. The summed E-state index contributed by atoms with van der Waals surface area (Å²) in [6.07, 6.45) is -1.95. The number of ether oxygens (including phenoxy) is 2. The molecule has 1 aromatic carbocycles. The number of thiol groups is 1. The predicted molar refractivity (Wildman–Crippen MR) is 77.3 cm³/mol. The first kappa shape index (κ1) is 15.2. The number of nitrogens with zero attached hydrogens (tertiary/aromatic N) is 3. The lowest BCUT2D eigenvalue weighted by molar-refractivity contribution is -0.164. The number of aliphatic hydroxyl groups excluding tert-OH is 1. The Labute approximate surface area is 122 Å². The maximum Gasteiger partial charge on any atom is 0.129 e. The van der Waals surface area contributed by atoms with E-state index >= 15 is 0 Å². The summed E-state index contributed by atoms with van der Waals surface area (Å²) in [5, 5.41) is 13.8. The summed E-state index contributed by atoms with van der Waals surface area (Å²) >= 11 is 4.18. The number of aliphatic hydroxyl groups is 1. The van der Waals surface area contributed by atoms with Crippen molar-refractivity contribution >= 4 is 12.6 Å². The van der Waals surface area contributed by atoms with Crippen LogP contribution in [0, 0.1) is 0 Å². The van der Waals surface area contributed by atoms with Gasteiger partial charge in [0.2, 0.25) is 0 Å². The van der Waals surface area contributed by atoms with Gasteiger partial charge in [0.1, 0.15) is 11.5 Å². The minimum Gasteiger partial charge on any atom is -0.387 e. The number of hydrogen-bond acceptors (Lipinski definition) is 5. The molecule has 0 aromatic heterocycles. The van der Waals surface area contributed by atoms with Gasteiger partial charge in [0, 0.05) is 4.91 Å². The average molecular weight is 295 g/mol. The standard InChI is InChI=1S/C13H17N3O3S/c1-8-10(15-16-14)12(11(17)13(20)19-8)18-7-9-5-3-2-4-6-9/h2-6,8,10-13,17,20H,7H2,1H3/t8-,10-,11+,12+,13-/m1/s1. The lowest BCUT2D eigenvalue weighted by Gasteiger charge is -2.40. The van der Waals surface area contributed by atoms with Gasteiger partial charge in [-0.1, -0.05) is 35.4 Å². The van der Waals surface area contributed by atoms with Crippen LogP contribution in [0.15, 0.2) is 35.4 Å². The van der Waals surface area contributed by atoms with E-state index in [9.17, 15) is 5.11 Å². The highest BCUT2D eigenvalue weighted by molar-refractivity contribution is 7.80. The number of azide groups is 1. The zero-order valence-corrected chi connectivity index (χ0v) is 11.9. The molecule has 1 saturated heterocycles. The first-order valence-electron chi connectivity index (χ1n) is 6.35. The summed E-state index contributed by atoms with van der Waals surface area (Å²) in [7, 11) is 0. The van der Waals surface area contributed by atoms with Crippen molar-refractivity contribution in [3.63, 3.8) is 0 Å². The van der Waals surface area contributed by atoms with Crippen LogP contribution in [0.3, 0.4) is 0 Å². The van der Waals surface area contributed by atoms with E-state index in [0.717, 1.165) is 5.56 Å². The zero-order valence-electron chi connectivity index (χ0n) is 11.0. The van der Waals surface area contributed by atoms with Crippen LogP contribution < -0.4 is 0 Å². The van der Waals surface area contributed by atoms with E-state index in [2.05, 4.69) is 22.7 Å². The molecule has 0 bridgehead atoms. The summed E-state index contributed by atoms with van der Waals surface area (Å²) < 4.78 is 11.2. The van der Waals surface area contributed by atoms with Gasteiger partial charge in [-0.15, -0.1) is 12.6 Å². The second-order valence-electron chi connectivity index (χ2n) is 4.68. The van der Waals surface area contributed by atoms with E-state index in [-0.39, 0.29) is 6.10 Å². The van der Waals surface area contributed by atoms with Gasteiger partial charge >= 0.3 is 0 Å². The topological polar surface area (TPSA) is 87.5 Å². The summed E-state index contributed by atoms with van der Waals surface area (Å²) in [4.78, 5) is 2.80. The van der Waals surface area contributed by atoms with E-state index in [1.165, 1.54) is 0 Å². The zero-order chi connectivity index (χ0) is 14.5. The smallest absolute Gasteiger partial charge is 0.129 e. The number of rotatable bonds is 4. The van der Waals surface area contributed by atoms with Gasteiger partial charge < -0.3 is 14.6 Å². The second kappa shape index (κ2) is 6.97. The van der Waals surface area contributed by atoms with Crippen LogP contribution in [0.1, 0.15) is 12.5 Å². The van der Waals surface area contributed by atoms with E-state index in [4.69, 9.17) is 15.0 Å². The Balaban J connectivity index is 2.09. The molecule has 108 valence electrons. The van der Waals surface area contributed by atoms with Gasteiger partial charge in [0.05, 0.1) is 24.9 Å². The third-order valence-corrected chi connectivity index (χ3v) is 3.70. The fourth-order valence-corrected chi connectivity index (χ4v) is 2.56. The SMILES string of the molecule is C[C@H]1O[C@H](S)[C@@H](O)[C@@H](OCc2ccccc2)[C@@H]1N=[N+]=[N-]. The third-order valence-electron chi connectivity index (χ3n) is 3.27. The molecule has 1 aliphatic heterocycles. The Bertz CT molecular complexity index is 481. The molecule has 0 amide bonds. The van der Waals surface area contributed by atoms with E-state index in [1.807, 2.05) is 30.3 Å². The number of hydrogen-bond donors (Lipinski definition) is 2. The van der Waals surface area contributed by atoms with Crippen LogP contribution in [-0.4, -0.2) is 34.9 Å². The van der Waals surface area contributed by atoms with Crippen molar-refractivity contribution in [3.8, 4) is 0 Å². The predicted octanol–water partition coefficient (Wildman–Crippen LogP) is 2.29. The number of benzene rings is 1. The van der Waals surface area contributed by atoms with Gasteiger partial charge in [0.25, 0.3) is 0 Å². The van der Waals surface area contributed by atoms with Crippen molar-refractivity contribution in [1.29, 1.82) is 0 Å². The van der Waals surface area contributed by atoms with Crippen LogP contribution >= 0.6 is 12.6 Å². The third kappa shape index (κ3) is 3.45. The lowest BCUT2D eigenvalue weighted by Crippen LogP contribution is -2.55. The molecule has 0 saturated carbocycles. The first-order valence-corrected chi connectivity index (χ1v) is 6.86. The van der Waals surface area contributed by atoms with E-state index < -0.39 is 23.7 Å². The maximum atomic E-state index is 10.1. The summed E-state index contributed by atoms with van der Waals surface area (Å²) in [5.74, 6) is 0. The van der Waals surface area contributed by atoms with Gasteiger partial charge in [-0.25, -0.2) is 0 Å². The van der Waals surface area contributed by atoms with Crippen LogP contribution in [0.4, 0.5) is 0 Å². The second-order valence-corrected chi connectivity index (χ2v) is 5.19. The Kier molecular flexibility index (Phi) is 5.28. The molecule has 1 N–H and O–H groups in total. The van der Waals surface area contributed by atoms with E-state index in [1.54, 1.807) is 6.92 Å². The quantitative estimate of drug-likeness (QED) is 0.386. The molecule has 5 atom stereocenters. The Morgan fingerprint density at radius 3 is 2.80 bits per heavy atom.